The van der Waals surface area contributed by atoms with Crippen molar-refractivity contribution in [1.82, 2.24) is 14.8 Å². The SMILES string of the molecule is Cc1nn2[nH]c(C)c(C)c2c1C. The van der Waals surface area contributed by atoms with Gasteiger partial charge in [0.2, 0.25) is 0 Å². The van der Waals surface area contributed by atoms with Crippen molar-refractivity contribution in [3.8, 4) is 0 Å². The van der Waals surface area contributed by atoms with Gasteiger partial charge in [0.05, 0.1) is 11.2 Å². The van der Waals surface area contributed by atoms with E-state index in [0.717, 1.165) is 5.69 Å². The van der Waals surface area contributed by atoms with Crippen LogP contribution in [0.4, 0.5) is 0 Å². The average Bonchev–Trinajstić information content (AvgIpc) is 2.40. The number of aromatic nitrogens is 3. The van der Waals surface area contributed by atoms with E-state index in [1.807, 2.05) is 11.6 Å². The molecule has 1 N–H and O–H groups in total. The Labute approximate surface area is 71.4 Å². The van der Waals surface area contributed by atoms with Crippen LogP contribution >= 0.6 is 0 Å². The molecule has 2 aromatic rings. The van der Waals surface area contributed by atoms with Crippen molar-refractivity contribution >= 4 is 5.52 Å². The first-order valence-electron chi connectivity index (χ1n) is 4.12. The Hall–Kier alpha value is -1.25. The summed E-state index contributed by atoms with van der Waals surface area (Å²) in [6, 6.07) is 0. The molecule has 0 saturated carbocycles. The van der Waals surface area contributed by atoms with Gasteiger partial charge in [0, 0.05) is 5.69 Å². The van der Waals surface area contributed by atoms with Crippen LogP contribution in [-0.2, 0) is 0 Å². The molecule has 64 valence electrons. The van der Waals surface area contributed by atoms with Gasteiger partial charge in [-0.2, -0.15) is 9.73 Å². The number of hydrogen-bond donors (Lipinski definition) is 1. The molecule has 0 spiro atoms. The predicted molar refractivity (Wildman–Crippen MR) is 48.5 cm³/mol. The molecular formula is C9H13N3. The van der Waals surface area contributed by atoms with Crippen molar-refractivity contribution in [3.05, 3.63) is 22.5 Å². The van der Waals surface area contributed by atoms with Crippen molar-refractivity contribution in [2.24, 2.45) is 0 Å². The molecule has 0 unspecified atom stereocenters. The number of H-pyrrole nitrogens is 1. The summed E-state index contributed by atoms with van der Waals surface area (Å²) in [7, 11) is 0. The third-order valence-corrected chi connectivity index (χ3v) is 2.55. The second kappa shape index (κ2) is 2.12. The van der Waals surface area contributed by atoms with Gasteiger partial charge in [0.25, 0.3) is 0 Å². The summed E-state index contributed by atoms with van der Waals surface area (Å²) in [6.45, 7) is 8.33. The molecule has 2 rings (SSSR count). The van der Waals surface area contributed by atoms with Crippen LogP contribution in [0.25, 0.3) is 5.52 Å². The van der Waals surface area contributed by atoms with E-state index in [9.17, 15) is 0 Å². The highest BCUT2D eigenvalue weighted by Gasteiger charge is 2.10. The van der Waals surface area contributed by atoms with Gasteiger partial charge >= 0.3 is 0 Å². The highest BCUT2D eigenvalue weighted by molar-refractivity contribution is 5.62. The Bertz CT molecular complexity index is 396. The number of nitrogens with one attached hydrogen (secondary N) is 1. The second-order valence-corrected chi connectivity index (χ2v) is 3.33. The monoisotopic (exact) mass is 163 g/mol. The maximum Gasteiger partial charge on any atom is 0.0928 e. The van der Waals surface area contributed by atoms with Gasteiger partial charge in [-0.05, 0) is 38.8 Å². The van der Waals surface area contributed by atoms with Crippen LogP contribution in [0.3, 0.4) is 0 Å². The number of aromatic amines is 1. The largest absolute Gasteiger partial charge is 0.282 e. The molecular weight excluding hydrogens is 150 g/mol. The zero-order valence-electron chi connectivity index (χ0n) is 7.89. The van der Waals surface area contributed by atoms with Crippen molar-refractivity contribution in [2.75, 3.05) is 0 Å². The van der Waals surface area contributed by atoms with Crippen LogP contribution in [0, 0.1) is 27.7 Å². The lowest BCUT2D eigenvalue weighted by atomic mass is 10.1. The molecule has 0 radical (unpaired) electrons. The third-order valence-electron chi connectivity index (χ3n) is 2.55. The molecule has 2 heterocycles. The summed E-state index contributed by atoms with van der Waals surface area (Å²) in [4.78, 5) is 0. The fourth-order valence-electron chi connectivity index (χ4n) is 1.55. The van der Waals surface area contributed by atoms with E-state index in [4.69, 9.17) is 0 Å². The minimum Gasteiger partial charge on any atom is -0.282 e. The van der Waals surface area contributed by atoms with Gasteiger partial charge in [-0.1, -0.05) is 0 Å². The summed E-state index contributed by atoms with van der Waals surface area (Å²) in [5.74, 6) is 0. The summed E-state index contributed by atoms with van der Waals surface area (Å²) in [6.07, 6.45) is 0. The number of rotatable bonds is 0. The molecule has 0 bridgehead atoms. The molecule has 2 aromatic heterocycles. The van der Waals surface area contributed by atoms with E-state index >= 15 is 0 Å². The Morgan fingerprint density at radius 2 is 1.75 bits per heavy atom. The first-order valence-corrected chi connectivity index (χ1v) is 4.12. The molecule has 0 aliphatic carbocycles. The normalized spacial score (nSPS) is 11.3. The fraction of sp³-hybridized carbons (Fsp3) is 0.444. The van der Waals surface area contributed by atoms with Crippen LogP contribution in [0.5, 0.6) is 0 Å². The molecule has 0 atom stereocenters. The van der Waals surface area contributed by atoms with Crippen LogP contribution in [0.1, 0.15) is 22.5 Å². The Balaban J connectivity index is 2.94. The molecule has 0 fully saturated rings. The van der Waals surface area contributed by atoms with Crippen molar-refractivity contribution in [3.63, 3.8) is 0 Å². The molecule has 3 heteroatoms. The summed E-state index contributed by atoms with van der Waals surface area (Å²) in [5, 5.41) is 7.55. The van der Waals surface area contributed by atoms with E-state index < -0.39 is 0 Å². The molecule has 3 nitrogen and oxygen atoms in total. The summed E-state index contributed by atoms with van der Waals surface area (Å²) in [5.41, 5.74) is 6.10. The lowest BCUT2D eigenvalue weighted by Gasteiger charge is -1.88. The van der Waals surface area contributed by atoms with Crippen LogP contribution in [-0.4, -0.2) is 14.8 Å². The second-order valence-electron chi connectivity index (χ2n) is 3.33. The number of fused-ring (bicyclic) bond motifs is 1. The van der Waals surface area contributed by atoms with Crippen molar-refractivity contribution < 1.29 is 0 Å². The lowest BCUT2D eigenvalue weighted by molar-refractivity contribution is 0.794. The molecule has 0 amide bonds. The van der Waals surface area contributed by atoms with E-state index in [1.165, 1.54) is 22.3 Å². The smallest absolute Gasteiger partial charge is 0.0928 e. The molecule has 12 heavy (non-hydrogen) atoms. The van der Waals surface area contributed by atoms with Crippen LogP contribution in [0.2, 0.25) is 0 Å². The Morgan fingerprint density at radius 3 is 2.33 bits per heavy atom. The van der Waals surface area contributed by atoms with E-state index in [-0.39, 0.29) is 0 Å². The zero-order chi connectivity index (χ0) is 8.88. The number of nitrogens with zero attached hydrogens (tertiary/aromatic N) is 2. The van der Waals surface area contributed by atoms with E-state index in [0.29, 0.717) is 0 Å². The van der Waals surface area contributed by atoms with E-state index in [2.05, 4.69) is 31.0 Å². The molecule has 0 aliphatic rings. The Morgan fingerprint density at radius 1 is 1.08 bits per heavy atom. The van der Waals surface area contributed by atoms with Gasteiger partial charge in [-0.15, -0.1) is 0 Å². The average molecular weight is 163 g/mol. The highest BCUT2D eigenvalue weighted by atomic mass is 15.4. The van der Waals surface area contributed by atoms with Crippen molar-refractivity contribution in [2.45, 2.75) is 27.7 Å². The maximum atomic E-state index is 4.36. The number of aryl methyl sites for hydroxylation is 4. The highest BCUT2D eigenvalue weighted by Crippen LogP contribution is 2.19. The van der Waals surface area contributed by atoms with Crippen molar-refractivity contribution in [1.29, 1.82) is 0 Å². The number of hydrogen-bond acceptors (Lipinski definition) is 1. The minimum atomic E-state index is 1.10. The van der Waals surface area contributed by atoms with Crippen LogP contribution in [0.15, 0.2) is 0 Å². The van der Waals surface area contributed by atoms with Gasteiger partial charge < -0.3 is 0 Å². The van der Waals surface area contributed by atoms with Crippen LogP contribution < -0.4 is 0 Å². The van der Waals surface area contributed by atoms with Gasteiger partial charge in [-0.25, -0.2) is 0 Å². The Kier molecular flexibility index (Phi) is 1.31. The lowest BCUT2D eigenvalue weighted by Crippen LogP contribution is -1.86. The van der Waals surface area contributed by atoms with Gasteiger partial charge in [-0.3, -0.25) is 5.10 Å². The summed E-state index contributed by atoms with van der Waals surface area (Å²) >= 11 is 0. The molecule has 0 aliphatic heterocycles. The fourth-order valence-corrected chi connectivity index (χ4v) is 1.55. The first-order chi connectivity index (χ1) is 5.61. The maximum absolute atomic E-state index is 4.36. The minimum absolute atomic E-state index is 1.10. The molecule has 0 saturated heterocycles. The predicted octanol–water partition coefficient (Wildman–Crippen LogP) is 1.90. The summed E-state index contributed by atoms with van der Waals surface area (Å²) < 4.78 is 1.86. The van der Waals surface area contributed by atoms with Gasteiger partial charge in [0.1, 0.15) is 0 Å². The van der Waals surface area contributed by atoms with Gasteiger partial charge in [0.15, 0.2) is 0 Å². The van der Waals surface area contributed by atoms with E-state index in [1.54, 1.807) is 0 Å². The standard InChI is InChI=1S/C9H13N3/c1-5-7(3)10-12-9(5)6(2)8(4)11-12/h10H,1-4H3. The topological polar surface area (TPSA) is 33.1 Å². The quantitative estimate of drug-likeness (QED) is 0.632. The third kappa shape index (κ3) is 0.734. The zero-order valence-corrected chi connectivity index (χ0v) is 7.89. The molecule has 0 aromatic carbocycles. The first kappa shape index (κ1) is 7.40.